The van der Waals surface area contributed by atoms with E-state index in [2.05, 4.69) is 5.32 Å². The third kappa shape index (κ3) is 5.50. The van der Waals surface area contributed by atoms with E-state index in [4.69, 9.17) is 13.9 Å². The predicted molar refractivity (Wildman–Crippen MR) is 127 cm³/mol. The number of ether oxygens (including phenoxy) is 2. The lowest BCUT2D eigenvalue weighted by molar-refractivity contribution is -0.136. The molecule has 4 aromatic rings. The molecule has 1 amide bonds. The van der Waals surface area contributed by atoms with Crippen LogP contribution >= 0.6 is 0 Å². The Kier molecular flexibility index (Phi) is 7.03. The Morgan fingerprint density at radius 3 is 2.35 bits per heavy atom. The van der Waals surface area contributed by atoms with E-state index in [-0.39, 0.29) is 12.4 Å². The molecular weight excluding hydrogens is 434 g/mol. The molecule has 0 saturated heterocycles. The lowest BCUT2D eigenvalue weighted by Gasteiger charge is -2.16. The van der Waals surface area contributed by atoms with Crippen molar-refractivity contribution in [2.75, 3.05) is 0 Å². The number of hydrogen-bond donors (Lipinski definition) is 1. The van der Waals surface area contributed by atoms with Crippen LogP contribution in [-0.4, -0.2) is 18.1 Å². The lowest BCUT2D eigenvalue weighted by Crippen LogP contribution is -2.42. The molecule has 0 aliphatic rings. The molecule has 1 heterocycles. The standard InChI is InChI=1S/C27H23NO6/c1-2-23(28-27(31)32-17-18-9-5-3-6-10-18)26(30)33-20-13-14-21-22(19-11-7-4-8-12-19)16-25(29)34-24(21)15-20/h3-16,23H,2,17H2,1H3,(H,28,31)/t23-/m0/s1. The molecule has 7 nitrogen and oxygen atoms in total. The molecule has 4 rings (SSSR count). The quantitative estimate of drug-likeness (QED) is 0.237. The van der Waals surface area contributed by atoms with Gasteiger partial charge in [0.25, 0.3) is 0 Å². The van der Waals surface area contributed by atoms with Gasteiger partial charge in [-0.2, -0.15) is 0 Å². The number of amides is 1. The average Bonchev–Trinajstić information content (AvgIpc) is 2.86. The number of benzene rings is 3. The average molecular weight is 457 g/mol. The highest BCUT2D eigenvalue weighted by molar-refractivity contribution is 5.94. The van der Waals surface area contributed by atoms with Crippen molar-refractivity contribution in [3.63, 3.8) is 0 Å². The van der Waals surface area contributed by atoms with Crippen LogP contribution in [0.25, 0.3) is 22.1 Å². The smallest absolute Gasteiger partial charge is 0.408 e. The van der Waals surface area contributed by atoms with Gasteiger partial charge in [-0.05, 0) is 35.2 Å². The number of carbonyl (C=O) groups is 2. The third-order valence-electron chi connectivity index (χ3n) is 5.22. The van der Waals surface area contributed by atoms with Crippen LogP contribution in [0.3, 0.4) is 0 Å². The van der Waals surface area contributed by atoms with Gasteiger partial charge in [0, 0.05) is 17.5 Å². The fraction of sp³-hybridized carbons (Fsp3) is 0.148. The Bertz CT molecular complexity index is 1350. The van der Waals surface area contributed by atoms with E-state index in [1.54, 1.807) is 19.1 Å². The van der Waals surface area contributed by atoms with Gasteiger partial charge in [0.05, 0.1) is 0 Å². The van der Waals surface area contributed by atoms with Crippen LogP contribution in [0.5, 0.6) is 5.75 Å². The summed E-state index contributed by atoms with van der Waals surface area (Å²) in [6.07, 6.45) is -0.412. The molecule has 0 radical (unpaired) electrons. The highest BCUT2D eigenvalue weighted by Crippen LogP contribution is 2.29. The fourth-order valence-corrected chi connectivity index (χ4v) is 3.49. The van der Waals surface area contributed by atoms with Gasteiger partial charge in [-0.25, -0.2) is 14.4 Å². The van der Waals surface area contributed by atoms with E-state index in [1.165, 1.54) is 12.1 Å². The molecule has 7 heteroatoms. The highest BCUT2D eigenvalue weighted by atomic mass is 16.6. The number of rotatable bonds is 7. The van der Waals surface area contributed by atoms with Crippen LogP contribution in [0.2, 0.25) is 0 Å². The van der Waals surface area contributed by atoms with Crippen LogP contribution in [0.15, 0.2) is 94.1 Å². The van der Waals surface area contributed by atoms with Gasteiger partial charge in [-0.1, -0.05) is 67.6 Å². The number of nitrogens with one attached hydrogen (secondary N) is 1. The second-order valence-corrected chi connectivity index (χ2v) is 7.59. The Hall–Kier alpha value is -4.39. The van der Waals surface area contributed by atoms with Crippen LogP contribution in [-0.2, 0) is 16.1 Å². The summed E-state index contributed by atoms with van der Waals surface area (Å²) in [5.74, 6) is -0.455. The first-order chi connectivity index (χ1) is 16.5. The molecule has 0 bridgehead atoms. The number of carbonyl (C=O) groups excluding carboxylic acids is 2. The van der Waals surface area contributed by atoms with Crippen molar-refractivity contribution < 1.29 is 23.5 Å². The summed E-state index contributed by atoms with van der Waals surface area (Å²) < 4.78 is 16.0. The SMILES string of the molecule is CC[C@H](NC(=O)OCc1ccccc1)C(=O)Oc1ccc2c(-c3ccccc3)cc(=O)oc2c1. The minimum Gasteiger partial charge on any atom is -0.445 e. The molecule has 3 aromatic carbocycles. The van der Waals surface area contributed by atoms with Gasteiger partial charge in [0.2, 0.25) is 0 Å². The molecule has 1 aromatic heterocycles. The van der Waals surface area contributed by atoms with Crippen molar-refractivity contribution in [1.82, 2.24) is 5.32 Å². The number of fused-ring (bicyclic) bond motifs is 1. The van der Waals surface area contributed by atoms with Gasteiger partial charge < -0.3 is 19.2 Å². The summed E-state index contributed by atoms with van der Waals surface area (Å²) in [5, 5.41) is 3.23. The monoisotopic (exact) mass is 457 g/mol. The van der Waals surface area contributed by atoms with Crippen molar-refractivity contribution >= 4 is 23.0 Å². The van der Waals surface area contributed by atoms with E-state index in [9.17, 15) is 14.4 Å². The molecule has 34 heavy (non-hydrogen) atoms. The maximum atomic E-state index is 12.7. The fourth-order valence-electron chi connectivity index (χ4n) is 3.49. The zero-order chi connectivity index (χ0) is 23.9. The lowest BCUT2D eigenvalue weighted by atomic mass is 10.0. The van der Waals surface area contributed by atoms with Crippen LogP contribution < -0.4 is 15.7 Å². The largest absolute Gasteiger partial charge is 0.445 e. The summed E-state index contributed by atoms with van der Waals surface area (Å²) in [7, 11) is 0. The summed E-state index contributed by atoms with van der Waals surface area (Å²) in [6, 6.07) is 24.0. The number of esters is 1. The topological polar surface area (TPSA) is 94.8 Å². The van der Waals surface area contributed by atoms with Gasteiger partial charge >= 0.3 is 17.7 Å². The Labute approximate surface area is 195 Å². The van der Waals surface area contributed by atoms with Gasteiger partial charge in [0.1, 0.15) is 24.0 Å². The molecular formula is C27H23NO6. The summed E-state index contributed by atoms with van der Waals surface area (Å²) in [6.45, 7) is 1.83. The minimum absolute atomic E-state index is 0.0889. The number of hydrogen-bond acceptors (Lipinski definition) is 6. The Morgan fingerprint density at radius 1 is 0.941 bits per heavy atom. The summed E-state index contributed by atoms with van der Waals surface area (Å²) >= 11 is 0. The maximum Gasteiger partial charge on any atom is 0.408 e. The zero-order valence-corrected chi connectivity index (χ0v) is 18.5. The summed E-state index contributed by atoms with van der Waals surface area (Å²) in [5.41, 5.74) is 2.21. The second-order valence-electron chi connectivity index (χ2n) is 7.59. The molecule has 172 valence electrons. The Balaban J connectivity index is 1.46. The maximum absolute atomic E-state index is 12.7. The van der Waals surface area contributed by atoms with Crippen molar-refractivity contribution in [3.05, 3.63) is 101 Å². The van der Waals surface area contributed by atoms with Crippen molar-refractivity contribution in [2.24, 2.45) is 0 Å². The van der Waals surface area contributed by atoms with Crippen LogP contribution in [0.4, 0.5) is 4.79 Å². The molecule has 0 saturated carbocycles. The molecule has 0 fully saturated rings. The van der Waals surface area contributed by atoms with E-state index in [0.717, 1.165) is 16.7 Å². The minimum atomic E-state index is -0.901. The van der Waals surface area contributed by atoms with Crippen LogP contribution in [0.1, 0.15) is 18.9 Å². The molecule has 0 spiro atoms. The van der Waals surface area contributed by atoms with Crippen molar-refractivity contribution in [2.45, 2.75) is 26.0 Å². The van der Waals surface area contributed by atoms with E-state index >= 15 is 0 Å². The second kappa shape index (κ2) is 10.5. The summed E-state index contributed by atoms with van der Waals surface area (Å²) in [4.78, 5) is 36.9. The normalized spacial score (nSPS) is 11.6. The molecule has 0 aliphatic heterocycles. The first-order valence-corrected chi connectivity index (χ1v) is 10.9. The van der Waals surface area contributed by atoms with Gasteiger partial charge in [0.15, 0.2) is 0 Å². The molecule has 1 atom stereocenters. The zero-order valence-electron chi connectivity index (χ0n) is 18.5. The predicted octanol–water partition coefficient (Wildman–Crippen LogP) is 5.07. The van der Waals surface area contributed by atoms with Crippen molar-refractivity contribution in [1.29, 1.82) is 0 Å². The third-order valence-corrected chi connectivity index (χ3v) is 5.22. The molecule has 1 N–H and O–H groups in total. The number of alkyl carbamates (subject to hydrolysis) is 1. The first-order valence-electron chi connectivity index (χ1n) is 10.9. The van der Waals surface area contributed by atoms with Gasteiger partial charge in [-0.3, -0.25) is 0 Å². The molecule has 0 aliphatic carbocycles. The van der Waals surface area contributed by atoms with Gasteiger partial charge in [-0.15, -0.1) is 0 Å². The van der Waals surface area contributed by atoms with Crippen LogP contribution in [0, 0.1) is 0 Å². The Morgan fingerprint density at radius 2 is 1.65 bits per heavy atom. The first kappa shape index (κ1) is 22.8. The highest BCUT2D eigenvalue weighted by Gasteiger charge is 2.22. The van der Waals surface area contributed by atoms with E-state index in [1.807, 2.05) is 60.7 Å². The van der Waals surface area contributed by atoms with Crippen molar-refractivity contribution in [3.8, 4) is 16.9 Å². The molecule has 0 unspecified atom stereocenters. The van der Waals surface area contributed by atoms with E-state index < -0.39 is 23.7 Å². The van der Waals surface area contributed by atoms with E-state index in [0.29, 0.717) is 17.4 Å².